The van der Waals surface area contributed by atoms with Crippen LogP contribution in [0.1, 0.15) is 29.4 Å². The van der Waals surface area contributed by atoms with Crippen LogP contribution < -0.4 is 11.1 Å². The van der Waals surface area contributed by atoms with Gasteiger partial charge in [0, 0.05) is 22.5 Å². The van der Waals surface area contributed by atoms with E-state index in [0.29, 0.717) is 22.0 Å². The first-order valence-corrected chi connectivity index (χ1v) is 7.48. The van der Waals surface area contributed by atoms with Crippen LogP contribution in [0, 0.1) is 12.3 Å². The van der Waals surface area contributed by atoms with E-state index in [1.54, 1.807) is 6.07 Å². The van der Waals surface area contributed by atoms with Crippen molar-refractivity contribution in [1.82, 2.24) is 5.32 Å². The summed E-state index contributed by atoms with van der Waals surface area (Å²) in [6.45, 7) is 1.98. The lowest BCUT2D eigenvalue weighted by molar-refractivity contribution is 0.0941. The summed E-state index contributed by atoms with van der Waals surface area (Å²) in [5.74, 6) is 2.37. The average Bonchev–Trinajstić information content (AvgIpc) is 2.77. The van der Waals surface area contributed by atoms with E-state index in [2.05, 4.69) is 11.2 Å². The van der Waals surface area contributed by atoms with Crippen LogP contribution in [0.15, 0.2) is 18.2 Å². The summed E-state index contributed by atoms with van der Waals surface area (Å²) in [7, 11) is 0. The molecule has 3 N–H and O–H groups in total. The number of fused-ring (bicyclic) bond motifs is 1. The Morgan fingerprint density at radius 3 is 2.95 bits per heavy atom. The molecule has 1 aromatic heterocycles. The minimum absolute atomic E-state index is 0.0346. The first-order valence-electron chi connectivity index (χ1n) is 6.29. The van der Waals surface area contributed by atoms with Crippen LogP contribution >= 0.6 is 22.9 Å². The minimum atomic E-state index is -0.193. The van der Waals surface area contributed by atoms with Gasteiger partial charge in [-0.05, 0) is 18.6 Å². The molecule has 0 aliphatic rings. The van der Waals surface area contributed by atoms with Crippen LogP contribution in [0.2, 0.25) is 5.02 Å². The predicted molar refractivity (Wildman–Crippen MR) is 86.2 cm³/mol. The SMILES string of the molecule is C#CCC(CC)NC(=O)c1sc2cccc(Cl)c2c1N. The number of terminal acetylenes is 1. The normalized spacial score (nSPS) is 12.1. The Bertz CT molecular complexity index is 687. The van der Waals surface area contributed by atoms with Crippen LogP contribution in [0.4, 0.5) is 5.69 Å². The number of anilines is 1. The Labute approximate surface area is 127 Å². The zero-order valence-electron chi connectivity index (χ0n) is 11.1. The Kier molecular flexibility index (Phi) is 4.53. The fourth-order valence-corrected chi connectivity index (χ4v) is 3.37. The van der Waals surface area contributed by atoms with Crippen molar-refractivity contribution in [2.45, 2.75) is 25.8 Å². The van der Waals surface area contributed by atoms with Crippen molar-refractivity contribution in [3.8, 4) is 12.3 Å². The predicted octanol–water partition coefficient (Wildman–Crippen LogP) is 3.67. The summed E-state index contributed by atoms with van der Waals surface area (Å²) in [5, 5.41) is 4.22. The van der Waals surface area contributed by atoms with E-state index >= 15 is 0 Å². The number of nitrogens with two attached hydrogens (primary N) is 1. The van der Waals surface area contributed by atoms with Gasteiger partial charge >= 0.3 is 0 Å². The summed E-state index contributed by atoms with van der Waals surface area (Å²) >= 11 is 7.48. The van der Waals surface area contributed by atoms with Crippen molar-refractivity contribution in [2.24, 2.45) is 0 Å². The Morgan fingerprint density at radius 1 is 1.60 bits per heavy atom. The second-order valence-corrected chi connectivity index (χ2v) is 5.90. The monoisotopic (exact) mass is 306 g/mol. The molecule has 3 nitrogen and oxygen atoms in total. The number of benzene rings is 1. The molecule has 20 heavy (non-hydrogen) atoms. The van der Waals surface area contributed by atoms with Gasteiger partial charge in [0.1, 0.15) is 4.88 Å². The molecule has 5 heteroatoms. The van der Waals surface area contributed by atoms with E-state index < -0.39 is 0 Å². The van der Waals surface area contributed by atoms with Gasteiger partial charge in [-0.15, -0.1) is 23.7 Å². The molecule has 104 valence electrons. The third-order valence-electron chi connectivity index (χ3n) is 3.10. The summed E-state index contributed by atoms with van der Waals surface area (Å²) in [5.41, 5.74) is 6.49. The fourth-order valence-electron chi connectivity index (χ4n) is 1.99. The second-order valence-electron chi connectivity index (χ2n) is 4.44. The van der Waals surface area contributed by atoms with Crippen LogP contribution in [0.5, 0.6) is 0 Å². The van der Waals surface area contributed by atoms with Crippen molar-refractivity contribution in [3.63, 3.8) is 0 Å². The lowest BCUT2D eigenvalue weighted by Gasteiger charge is -2.13. The van der Waals surface area contributed by atoms with Crippen molar-refractivity contribution in [1.29, 1.82) is 0 Å². The van der Waals surface area contributed by atoms with E-state index in [1.807, 2.05) is 19.1 Å². The number of hydrogen-bond acceptors (Lipinski definition) is 3. The maximum Gasteiger partial charge on any atom is 0.263 e. The first kappa shape index (κ1) is 14.7. The summed E-state index contributed by atoms with van der Waals surface area (Å²) in [6.07, 6.45) is 6.58. The van der Waals surface area contributed by atoms with Gasteiger partial charge in [-0.1, -0.05) is 24.6 Å². The number of rotatable bonds is 4. The molecule has 0 radical (unpaired) electrons. The molecule has 0 saturated heterocycles. The van der Waals surface area contributed by atoms with E-state index in [4.69, 9.17) is 23.8 Å². The number of hydrogen-bond donors (Lipinski definition) is 2. The number of carbonyl (C=O) groups is 1. The van der Waals surface area contributed by atoms with Gasteiger partial charge in [0.15, 0.2) is 0 Å². The van der Waals surface area contributed by atoms with Gasteiger partial charge in [0.05, 0.1) is 10.7 Å². The van der Waals surface area contributed by atoms with Gasteiger partial charge in [0.25, 0.3) is 5.91 Å². The van der Waals surface area contributed by atoms with Gasteiger partial charge in [-0.2, -0.15) is 0 Å². The topological polar surface area (TPSA) is 55.1 Å². The number of amides is 1. The van der Waals surface area contributed by atoms with E-state index in [-0.39, 0.29) is 11.9 Å². The van der Waals surface area contributed by atoms with E-state index in [1.165, 1.54) is 11.3 Å². The lowest BCUT2D eigenvalue weighted by Crippen LogP contribution is -2.33. The molecule has 1 amide bonds. The van der Waals surface area contributed by atoms with Crippen molar-refractivity contribution < 1.29 is 4.79 Å². The van der Waals surface area contributed by atoms with Crippen LogP contribution in [0.25, 0.3) is 10.1 Å². The molecule has 1 heterocycles. The van der Waals surface area contributed by atoms with Crippen molar-refractivity contribution in [2.75, 3.05) is 5.73 Å². The highest BCUT2D eigenvalue weighted by Crippen LogP contribution is 2.37. The number of carbonyl (C=O) groups excluding carboxylic acids is 1. The first-order chi connectivity index (χ1) is 9.58. The molecule has 1 unspecified atom stereocenters. The molecular weight excluding hydrogens is 292 g/mol. The number of nitrogens with one attached hydrogen (secondary N) is 1. The zero-order valence-corrected chi connectivity index (χ0v) is 12.6. The zero-order chi connectivity index (χ0) is 14.7. The molecule has 1 aromatic carbocycles. The molecule has 2 rings (SSSR count). The highest BCUT2D eigenvalue weighted by atomic mass is 35.5. The van der Waals surface area contributed by atoms with E-state index in [0.717, 1.165) is 16.5 Å². The smallest absolute Gasteiger partial charge is 0.263 e. The molecule has 0 aliphatic carbocycles. The summed E-state index contributed by atoms with van der Waals surface area (Å²) in [6, 6.07) is 5.47. The van der Waals surface area contributed by atoms with Crippen LogP contribution in [-0.2, 0) is 0 Å². The van der Waals surface area contributed by atoms with Crippen LogP contribution in [0.3, 0.4) is 0 Å². The highest BCUT2D eigenvalue weighted by Gasteiger charge is 2.19. The Morgan fingerprint density at radius 2 is 2.35 bits per heavy atom. The quantitative estimate of drug-likeness (QED) is 0.847. The lowest BCUT2D eigenvalue weighted by atomic mass is 10.1. The number of thiophene rings is 1. The van der Waals surface area contributed by atoms with Crippen LogP contribution in [-0.4, -0.2) is 11.9 Å². The average molecular weight is 307 g/mol. The maximum atomic E-state index is 12.3. The third kappa shape index (κ3) is 2.74. The third-order valence-corrected chi connectivity index (χ3v) is 4.58. The maximum absolute atomic E-state index is 12.3. The van der Waals surface area contributed by atoms with Gasteiger partial charge in [-0.3, -0.25) is 4.79 Å². The van der Waals surface area contributed by atoms with Gasteiger partial charge in [0.2, 0.25) is 0 Å². The molecule has 0 aliphatic heterocycles. The van der Waals surface area contributed by atoms with Gasteiger partial charge in [-0.25, -0.2) is 0 Å². The fraction of sp³-hybridized carbons (Fsp3) is 0.267. The molecule has 2 aromatic rings. The molecule has 0 saturated carbocycles. The van der Waals surface area contributed by atoms with Crippen molar-refractivity contribution >= 4 is 44.6 Å². The molecule has 0 spiro atoms. The molecular formula is C15H15ClN2OS. The van der Waals surface area contributed by atoms with Crippen molar-refractivity contribution in [3.05, 3.63) is 28.1 Å². The Balaban J connectivity index is 2.34. The summed E-state index contributed by atoms with van der Waals surface area (Å²) < 4.78 is 0.908. The second kappa shape index (κ2) is 6.17. The standard InChI is InChI=1S/C15H15ClN2OS/c1-3-6-9(4-2)18-15(19)14-13(17)12-10(16)7-5-8-11(12)20-14/h1,5,7-9H,4,6,17H2,2H3,(H,18,19). The molecule has 0 fully saturated rings. The van der Waals surface area contributed by atoms with Gasteiger partial charge < -0.3 is 11.1 Å². The largest absolute Gasteiger partial charge is 0.397 e. The highest BCUT2D eigenvalue weighted by molar-refractivity contribution is 7.21. The number of nitrogen functional groups attached to an aromatic ring is 1. The summed E-state index contributed by atoms with van der Waals surface area (Å²) in [4.78, 5) is 12.8. The minimum Gasteiger partial charge on any atom is -0.397 e. The molecule has 1 atom stereocenters. The number of halogens is 1. The molecule has 0 bridgehead atoms. The Hall–Kier alpha value is -1.70. The van der Waals surface area contributed by atoms with E-state index in [9.17, 15) is 4.79 Å².